The van der Waals surface area contributed by atoms with Crippen LogP contribution in [0.5, 0.6) is 0 Å². The Balaban J connectivity index is 4.30. The largest absolute Gasteiger partial charge is 0.462 e. The number of rotatable bonds is 53. The topological polar surface area (TPSA) is 78.9 Å². The third-order valence-electron chi connectivity index (χ3n) is 13.3. The van der Waals surface area contributed by atoms with E-state index < -0.39 is 6.10 Å². The first-order chi connectivity index (χ1) is 31.4. The molecule has 0 spiro atoms. The number of esters is 3. The van der Waals surface area contributed by atoms with Crippen LogP contribution in [0, 0.1) is 5.92 Å². The zero-order valence-electron chi connectivity index (χ0n) is 43.8. The molecule has 0 unspecified atom stereocenters. The maximum absolute atomic E-state index is 12.8. The number of ether oxygens (including phenoxy) is 3. The molecule has 0 rings (SSSR count). The van der Waals surface area contributed by atoms with Crippen molar-refractivity contribution in [2.75, 3.05) is 13.2 Å². The zero-order valence-corrected chi connectivity index (χ0v) is 43.8. The molecule has 0 fully saturated rings. The maximum atomic E-state index is 12.8. The lowest BCUT2D eigenvalue weighted by Crippen LogP contribution is -2.30. The third-order valence-corrected chi connectivity index (χ3v) is 13.3. The second-order valence-corrected chi connectivity index (χ2v) is 20.4. The van der Waals surface area contributed by atoms with Crippen LogP contribution in [-0.4, -0.2) is 37.2 Å². The SMILES string of the molecule is CCCCCCCCCCCCCCCCCCC(=O)O[C@H](COC(=O)CCCCCCCCCCCCCCCCC)COC(=O)CCCCCCCCCCCCCCC(C)C. The summed E-state index contributed by atoms with van der Waals surface area (Å²) in [6.07, 6.45) is 56.6. The molecule has 0 aliphatic heterocycles. The molecule has 1 atom stereocenters. The summed E-state index contributed by atoms with van der Waals surface area (Å²) < 4.78 is 16.9. The lowest BCUT2D eigenvalue weighted by molar-refractivity contribution is -0.167. The predicted octanol–water partition coefficient (Wildman–Crippen LogP) is 19.0. The normalized spacial score (nSPS) is 12.0. The van der Waals surface area contributed by atoms with Gasteiger partial charge < -0.3 is 14.2 Å². The minimum atomic E-state index is -0.762. The summed E-state index contributed by atoms with van der Waals surface area (Å²) in [5.74, 6) is -0.00111. The predicted molar refractivity (Wildman–Crippen MR) is 275 cm³/mol. The van der Waals surface area contributed by atoms with E-state index in [1.807, 2.05) is 0 Å². The van der Waals surface area contributed by atoms with E-state index in [1.54, 1.807) is 0 Å². The van der Waals surface area contributed by atoms with Crippen LogP contribution in [0.25, 0.3) is 0 Å². The highest BCUT2D eigenvalue weighted by Crippen LogP contribution is 2.18. The van der Waals surface area contributed by atoms with E-state index in [4.69, 9.17) is 14.2 Å². The van der Waals surface area contributed by atoms with Gasteiger partial charge in [-0.05, 0) is 25.2 Å². The molecule has 0 aromatic rings. The fourth-order valence-corrected chi connectivity index (χ4v) is 8.92. The Hall–Kier alpha value is -1.59. The molecule has 0 aromatic heterocycles. The first-order valence-electron chi connectivity index (χ1n) is 28.9. The monoisotopic (exact) mass is 905 g/mol. The number of unbranched alkanes of at least 4 members (excludes halogenated alkanes) is 40. The van der Waals surface area contributed by atoms with E-state index in [-0.39, 0.29) is 31.1 Å². The molecule has 0 aliphatic rings. The van der Waals surface area contributed by atoms with Crippen molar-refractivity contribution in [2.24, 2.45) is 5.92 Å². The number of carbonyl (C=O) groups is 3. The van der Waals surface area contributed by atoms with Crippen molar-refractivity contribution in [3.05, 3.63) is 0 Å². The van der Waals surface area contributed by atoms with Gasteiger partial charge in [0.2, 0.25) is 0 Å². The highest BCUT2D eigenvalue weighted by Gasteiger charge is 2.19. The fraction of sp³-hybridized carbons (Fsp3) is 0.948. The van der Waals surface area contributed by atoms with Gasteiger partial charge in [-0.15, -0.1) is 0 Å². The van der Waals surface area contributed by atoms with Gasteiger partial charge in [-0.25, -0.2) is 0 Å². The van der Waals surface area contributed by atoms with Gasteiger partial charge >= 0.3 is 17.9 Å². The van der Waals surface area contributed by atoms with E-state index in [0.29, 0.717) is 19.3 Å². The zero-order chi connectivity index (χ0) is 46.7. The van der Waals surface area contributed by atoms with Crippen LogP contribution in [-0.2, 0) is 28.6 Å². The van der Waals surface area contributed by atoms with Gasteiger partial charge in [0.1, 0.15) is 13.2 Å². The lowest BCUT2D eigenvalue weighted by Gasteiger charge is -2.18. The summed E-state index contributed by atoms with van der Waals surface area (Å²) in [4.78, 5) is 38.1. The average Bonchev–Trinajstić information content (AvgIpc) is 3.28. The molecule has 0 heterocycles. The second kappa shape index (κ2) is 52.4. The second-order valence-electron chi connectivity index (χ2n) is 20.4. The lowest BCUT2D eigenvalue weighted by atomic mass is 10.0. The van der Waals surface area contributed by atoms with Crippen LogP contribution in [0.3, 0.4) is 0 Å². The van der Waals surface area contributed by atoms with Gasteiger partial charge in [0.25, 0.3) is 0 Å². The van der Waals surface area contributed by atoms with Crippen molar-refractivity contribution >= 4 is 17.9 Å². The van der Waals surface area contributed by atoms with Crippen LogP contribution in [0.4, 0.5) is 0 Å². The summed E-state index contributed by atoms with van der Waals surface area (Å²) in [7, 11) is 0. The molecule has 64 heavy (non-hydrogen) atoms. The van der Waals surface area contributed by atoms with Gasteiger partial charge in [-0.2, -0.15) is 0 Å². The Morgan fingerprint density at radius 3 is 0.766 bits per heavy atom. The smallest absolute Gasteiger partial charge is 0.306 e. The Kier molecular flexibility index (Phi) is 51.1. The number of hydrogen-bond acceptors (Lipinski definition) is 6. The van der Waals surface area contributed by atoms with Gasteiger partial charge in [-0.1, -0.05) is 291 Å². The molecule has 0 aromatic carbocycles. The number of carbonyl (C=O) groups excluding carboxylic acids is 3. The van der Waals surface area contributed by atoms with Crippen molar-refractivity contribution in [2.45, 2.75) is 336 Å². The summed E-state index contributed by atoms with van der Waals surface area (Å²) in [6, 6.07) is 0. The van der Waals surface area contributed by atoms with E-state index in [0.717, 1.165) is 63.7 Å². The number of hydrogen-bond donors (Lipinski definition) is 0. The first kappa shape index (κ1) is 62.4. The molecule has 0 amide bonds. The van der Waals surface area contributed by atoms with Crippen molar-refractivity contribution in [1.82, 2.24) is 0 Å². The molecule has 380 valence electrons. The van der Waals surface area contributed by atoms with E-state index in [1.165, 1.54) is 225 Å². The molecule has 0 aliphatic carbocycles. The van der Waals surface area contributed by atoms with E-state index in [9.17, 15) is 14.4 Å². The summed E-state index contributed by atoms with van der Waals surface area (Å²) in [5.41, 5.74) is 0. The minimum Gasteiger partial charge on any atom is -0.462 e. The standard InChI is InChI=1S/C58H112O6/c1-5-7-9-11-13-15-17-19-21-23-25-31-35-39-43-47-51-58(61)64-55(52-62-56(59)49-45-41-37-33-29-24-22-20-18-16-14-12-10-8-6-2)53-63-57(60)50-46-42-38-34-30-27-26-28-32-36-40-44-48-54(3)4/h54-55H,5-53H2,1-4H3/t55-/m1/s1. The Labute approximate surface area is 399 Å². The van der Waals surface area contributed by atoms with Crippen molar-refractivity contribution in [1.29, 1.82) is 0 Å². The first-order valence-corrected chi connectivity index (χ1v) is 28.9. The summed E-state index contributed by atoms with van der Waals surface area (Å²) >= 11 is 0. The third kappa shape index (κ3) is 51.4. The highest BCUT2D eigenvalue weighted by atomic mass is 16.6. The minimum absolute atomic E-state index is 0.0618. The van der Waals surface area contributed by atoms with Crippen LogP contribution >= 0.6 is 0 Å². The molecule has 0 saturated heterocycles. The van der Waals surface area contributed by atoms with Gasteiger partial charge in [0.15, 0.2) is 6.10 Å². The molecule has 0 radical (unpaired) electrons. The van der Waals surface area contributed by atoms with Crippen LogP contribution in [0.2, 0.25) is 0 Å². The van der Waals surface area contributed by atoms with Crippen LogP contribution in [0.1, 0.15) is 329 Å². The molecule has 6 heteroatoms. The molecule has 0 bridgehead atoms. The van der Waals surface area contributed by atoms with Crippen molar-refractivity contribution in [3.63, 3.8) is 0 Å². The quantitative estimate of drug-likeness (QED) is 0.0344. The molecule has 0 N–H and O–H groups in total. The van der Waals surface area contributed by atoms with Gasteiger partial charge in [0.05, 0.1) is 0 Å². The van der Waals surface area contributed by atoms with Crippen LogP contribution in [0.15, 0.2) is 0 Å². The molecule has 6 nitrogen and oxygen atoms in total. The fourth-order valence-electron chi connectivity index (χ4n) is 8.92. The van der Waals surface area contributed by atoms with Gasteiger partial charge in [-0.3, -0.25) is 14.4 Å². The van der Waals surface area contributed by atoms with Crippen molar-refractivity contribution < 1.29 is 28.6 Å². The Morgan fingerprint density at radius 1 is 0.297 bits per heavy atom. The van der Waals surface area contributed by atoms with E-state index in [2.05, 4.69) is 27.7 Å². The highest BCUT2D eigenvalue weighted by molar-refractivity contribution is 5.71. The summed E-state index contributed by atoms with van der Waals surface area (Å²) in [6.45, 7) is 9.06. The molecular weight excluding hydrogens is 793 g/mol. The van der Waals surface area contributed by atoms with Gasteiger partial charge in [0, 0.05) is 19.3 Å². The summed E-state index contributed by atoms with van der Waals surface area (Å²) in [5, 5.41) is 0. The average molecular weight is 906 g/mol. The van der Waals surface area contributed by atoms with Crippen molar-refractivity contribution in [3.8, 4) is 0 Å². The molecular formula is C58H112O6. The Morgan fingerprint density at radius 2 is 0.516 bits per heavy atom. The maximum Gasteiger partial charge on any atom is 0.306 e. The Bertz CT molecular complexity index is 964. The van der Waals surface area contributed by atoms with E-state index >= 15 is 0 Å². The van der Waals surface area contributed by atoms with Crippen LogP contribution < -0.4 is 0 Å². The molecule has 0 saturated carbocycles.